The van der Waals surface area contributed by atoms with Crippen LogP contribution in [0, 0.1) is 19.3 Å². The van der Waals surface area contributed by atoms with Crippen molar-refractivity contribution in [1.82, 2.24) is 10.6 Å². The molecule has 1 saturated heterocycles. The van der Waals surface area contributed by atoms with Gasteiger partial charge in [-0.25, -0.2) is 0 Å². The highest BCUT2D eigenvalue weighted by Gasteiger charge is 2.21. The Morgan fingerprint density at radius 3 is 2.81 bits per heavy atom. The van der Waals surface area contributed by atoms with Gasteiger partial charge in [0.15, 0.2) is 0 Å². The molecule has 0 spiro atoms. The van der Waals surface area contributed by atoms with Crippen molar-refractivity contribution in [3.8, 4) is 12.3 Å². The topological polar surface area (TPSA) is 106 Å². The molecule has 9 heteroatoms. The lowest BCUT2D eigenvalue weighted by molar-refractivity contribution is -0.117. The molecule has 31 heavy (non-hydrogen) atoms. The summed E-state index contributed by atoms with van der Waals surface area (Å²) >= 11 is 1.20. The number of nitrogens with zero attached hydrogens (tertiary/aromatic N) is 2. The van der Waals surface area contributed by atoms with Crippen molar-refractivity contribution < 1.29 is 14.8 Å². The van der Waals surface area contributed by atoms with Crippen LogP contribution in [0.5, 0.6) is 0 Å². The highest BCUT2D eigenvalue weighted by molar-refractivity contribution is 7.14. The van der Waals surface area contributed by atoms with E-state index in [-0.39, 0.29) is 11.8 Å². The van der Waals surface area contributed by atoms with Crippen molar-refractivity contribution in [3.63, 3.8) is 0 Å². The molecule has 2 amide bonds. The normalized spacial score (nSPS) is 16.3. The second-order valence-electron chi connectivity index (χ2n) is 7.16. The number of nitrogens with one attached hydrogen (secondary N) is 3. The highest BCUT2D eigenvalue weighted by atomic mass is 32.1. The number of amidine groups is 1. The number of anilines is 2. The van der Waals surface area contributed by atoms with E-state index in [0.717, 1.165) is 24.3 Å². The summed E-state index contributed by atoms with van der Waals surface area (Å²) in [6, 6.07) is 8.14. The summed E-state index contributed by atoms with van der Waals surface area (Å²) in [5.41, 5.74) is 2.46. The second-order valence-corrected chi connectivity index (χ2v) is 8.25. The Bertz CT molecular complexity index is 1040. The molecule has 1 aliphatic rings. The molecule has 1 aromatic carbocycles. The van der Waals surface area contributed by atoms with Crippen molar-refractivity contribution in [3.05, 3.63) is 45.6 Å². The van der Waals surface area contributed by atoms with Gasteiger partial charge in [-0.1, -0.05) is 11.1 Å². The van der Waals surface area contributed by atoms with Gasteiger partial charge in [-0.15, -0.1) is 17.8 Å². The Labute approximate surface area is 185 Å². The average molecular weight is 440 g/mol. The summed E-state index contributed by atoms with van der Waals surface area (Å²) in [5.74, 6) is 2.42. The Morgan fingerprint density at radius 1 is 1.32 bits per heavy atom. The largest absolute Gasteiger partial charge is 0.409 e. The first kappa shape index (κ1) is 22.3. The van der Waals surface area contributed by atoms with E-state index in [1.165, 1.54) is 11.3 Å². The predicted octanol–water partition coefficient (Wildman–Crippen LogP) is 2.38. The molecule has 0 radical (unpaired) electrons. The van der Waals surface area contributed by atoms with Gasteiger partial charge in [0, 0.05) is 37.4 Å². The summed E-state index contributed by atoms with van der Waals surface area (Å²) in [6.45, 7) is 5.77. The summed E-state index contributed by atoms with van der Waals surface area (Å²) in [7, 11) is 0. The van der Waals surface area contributed by atoms with Gasteiger partial charge in [-0.2, -0.15) is 0 Å². The zero-order valence-electron chi connectivity index (χ0n) is 17.4. The molecule has 1 unspecified atom stereocenters. The molecule has 4 N–H and O–H groups in total. The summed E-state index contributed by atoms with van der Waals surface area (Å²) in [4.78, 5) is 28.0. The van der Waals surface area contributed by atoms with E-state index in [9.17, 15) is 14.8 Å². The first-order valence-corrected chi connectivity index (χ1v) is 10.7. The number of hydrogen-bond acceptors (Lipinski definition) is 6. The number of rotatable bonds is 5. The number of terminal acetylenes is 1. The van der Waals surface area contributed by atoms with E-state index in [2.05, 4.69) is 27.0 Å². The fourth-order valence-corrected chi connectivity index (χ4v) is 4.02. The molecule has 2 aromatic rings. The molecule has 162 valence electrons. The van der Waals surface area contributed by atoms with Crippen molar-refractivity contribution in [2.24, 2.45) is 5.16 Å². The Kier molecular flexibility index (Phi) is 7.28. The van der Waals surface area contributed by atoms with Crippen LogP contribution in [0.1, 0.15) is 33.5 Å². The third-order valence-electron chi connectivity index (χ3n) is 4.93. The molecular formula is C22H25N5O3S. The standard InChI is InChI=1S/C22H25N5O3S/c1-4-17-6-8-19(31-17)22(29)24-15(3)21(28)25-16-5-7-18(14(2)13-16)27-12-11-23-10-9-20(27)26-30/h1,5-8,13,15,23,30H,9-12H2,2-3H3,(H,24,29)(H,25,28)/b26-20+. The molecule has 3 rings (SSSR count). The molecule has 0 aliphatic carbocycles. The van der Waals surface area contributed by atoms with Crippen LogP contribution >= 0.6 is 11.3 Å². The van der Waals surface area contributed by atoms with E-state index in [4.69, 9.17) is 6.42 Å². The number of oxime groups is 1. The number of carbonyl (C=O) groups excluding carboxylic acids is 2. The number of amides is 2. The van der Waals surface area contributed by atoms with E-state index in [0.29, 0.717) is 34.2 Å². The van der Waals surface area contributed by atoms with Crippen LogP contribution in [0.4, 0.5) is 11.4 Å². The van der Waals surface area contributed by atoms with Gasteiger partial charge in [-0.05, 0) is 49.7 Å². The van der Waals surface area contributed by atoms with Gasteiger partial charge in [0.05, 0.1) is 9.75 Å². The molecule has 1 aliphatic heterocycles. The summed E-state index contributed by atoms with van der Waals surface area (Å²) in [5, 5.41) is 21.6. The molecule has 2 heterocycles. The fourth-order valence-electron chi connectivity index (χ4n) is 3.30. The number of thiophene rings is 1. The molecular weight excluding hydrogens is 414 g/mol. The van der Waals surface area contributed by atoms with Gasteiger partial charge in [-0.3, -0.25) is 9.59 Å². The highest BCUT2D eigenvalue weighted by Crippen LogP contribution is 2.25. The Hall–Kier alpha value is -3.35. The monoisotopic (exact) mass is 439 g/mol. The van der Waals surface area contributed by atoms with E-state index in [1.54, 1.807) is 25.1 Å². The van der Waals surface area contributed by atoms with Gasteiger partial charge in [0.1, 0.15) is 11.9 Å². The third-order valence-corrected chi connectivity index (χ3v) is 5.95. The smallest absolute Gasteiger partial charge is 0.262 e. The number of carbonyl (C=O) groups is 2. The maximum Gasteiger partial charge on any atom is 0.262 e. The minimum atomic E-state index is -0.728. The molecule has 8 nitrogen and oxygen atoms in total. The Balaban J connectivity index is 1.65. The van der Waals surface area contributed by atoms with Crippen LogP contribution in [0.2, 0.25) is 0 Å². The van der Waals surface area contributed by atoms with Crippen LogP contribution in [0.25, 0.3) is 0 Å². The lowest BCUT2D eigenvalue weighted by Crippen LogP contribution is -2.41. The number of hydrogen-bond donors (Lipinski definition) is 4. The van der Waals surface area contributed by atoms with Crippen molar-refractivity contribution in [2.45, 2.75) is 26.3 Å². The Morgan fingerprint density at radius 2 is 2.13 bits per heavy atom. The van der Waals surface area contributed by atoms with E-state index >= 15 is 0 Å². The zero-order chi connectivity index (χ0) is 22.4. The van der Waals surface area contributed by atoms with Gasteiger partial charge >= 0.3 is 0 Å². The van der Waals surface area contributed by atoms with Crippen LogP contribution in [0.3, 0.4) is 0 Å². The van der Waals surface area contributed by atoms with E-state index < -0.39 is 6.04 Å². The molecule has 0 bridgehead atoms. The number of benzene rings is 1. The fraction of sp³-hybridized carbons (Fsp3) is 0.318. The zero-order valence-corrected chi connectivity index (χ0v) is 18.3. The van der Waals surface area contributed by atoms with E-state index in [1.807, 2.05) is 24.0 Å². The predicted molar refractivity (Wildman–Crippen MR) is 123 cm³/mol. The summed E-state index contributed by atoms with van der Waals surface area (Å²) < 4.78 is 0. The van der Waals surface area contributed by atoms with Crippen LogP contribution < -0.4 is 20.9 Å². The lowest BCUT2D eigenvalue weighted by Gasteiger charge is -2.25. The molecule has 1 atom stereocenters. The SMILES string of the molecule is C#Cc1ccc(C(=O)NC(C)C(=O)Nc2ccc(N3CCNCC/C3=N\O)c(C)c2)s1. The maximum absolute atomic E-state index is 12.6. The van der Waals surface area contributed by atoms with Crippen molar-refractivity contribution in [1.29, 1.82) is 0 Å². The van der Waals surface area contributed by atoms with Gasteiger partial charge in [0.2, 0.25) is 5.91 Å². The average Bonchev–Trinajstić information content (AvgIpc) is 3.12. The van der Waals surface area contributed by atoms with Crippen LogP contribution in [0.15, 0.2) is 35.5 Å². The van der Waals surface area contributed by atoms with Crippen molar-refractivity contribution in [2.75, 3.05) is 29.9 Å². The minimum Gasteiger partial charge on any atom is -0.409 e. The molecule has 1 fully saturated rings. The maximum atomic E-state index is 12.6. The quantitative estimate of drug-likeness (QED) is 0.325. The number of aryl methyl sites for hydroxylation is 1. The second kappa shape index (κ2) is 10.1. The summed E-state index contributed by atoms with van der Waals surface area (Å²) in [6.07, 6.45) is 5.96. The van der Waals surface area contributed by atoms with Crippen molar-refractivity contribution >= 4 is 40.4 Å². The van der Waals surface area contributed by atoms with Gasteiger partial charge < -0.3 is 26.1 Å². The molecule has 0 saturated carbocycles. The first-order valence-electron chi connectivity index (χ1n) is 9.91. The van der Waals surface area contributed by atoms with Crippen LogP contribution in [-0.2, 0) is 4.79 Å². The van der Waals surface area contributed by atoms with Gasteiger partial charge in [0.25, 0.3) is 5.91 Å². The molecule has 1 aromatic heterocycles. The third kappa shape index (κ3) is 5.42. The minimum absolute atomic E-state index is 0.328. The first-order chi connectivity index (χ1) is 14.9. The lowest BCUT2D eigenvalue weighted by atomic mass is 10.1. The van der Waals surface area contributed by atoms with Crippen LogP contribution in [-0.4, -0.2) is 48.5 Å².